The number of rotatable bonds is 3. The van der Waals surface area contributed by atoms with Crippen molar-refractivity contribution in [1.82, 2.24) is 5.32 Å². The van der Waals surface area contributed by atoms with Crippen LogP contribution in [0.15, 0.2) is 12.1 Å². The van der Waals surface area contributed by atoms with Crippen LogP contribution in [-0.4, -0.2) is 6.04 Å². The largest absolute Gasteiger partial charge is 0.310 e. The van der Waals surface area contributed by atoms with E-state index in [0.29, 0.717) is 6.04 Å². The fourth-order valence-corrected chi connectivity index (χ4v) is 1.59. The summed E-state index contributed by atoms with van der Waals surface area (Å²) in [5.41, 5.74) is 0. The number of hydrogen-bond acceptors (Lipinski definition) is 3. The molecule has 0 aliphatic rings. The van der Waals surface area contributed by atoms with E-state index in [0.717, 1.165) is 11.4 Å². The molecular weight excluding hydrogens is 168 g/mol. The van der Waals surface area contributed by atoms with Gasteiger partial charge < -0.3 is 5.32 Å². The normalized spacial score (nSPS) is 10.2. The van der Waals surface area contributed by atoms with Crippen LogP contribution in [0.1, 0.15) is 23.6 Å². The Morgan fingerprint density at radius 1 is 1.58 bits per heavy atom. The zero-order valence-electron chi connectivity index (χ0n) is 7.29. The van der Waals surface area contributed by atoms with Gasteiger partial charge in [0.15, 0.2) is 0 Å². The van der Waals surface area contributed by atoms with Gasteiger partial charge in [-0.1, -0.05) is 13.8 Å². The molecule has 0 unspecified atom stereocenters. The van der Waals surface area contributed by atoms with E-state index < -0.39 is 0 Å². The molecule has 12 heavy (non-hydrogen) atoms. The van der Waals surface area contributed by atoms with E-state index in [1.54, 1.807) is 11.3 Å². The molecule has 0 saturated carbocycles. The molecule has 3 heteroatoms. The van der Waals surface area contributed by atoms with Crippen LogP contribution in [0.25, 0.3) is 0 Å². The van der Waals surface area contributed by atoms with Gasteiger partial charge in [0.25, 0.3) is 0 Å². The third kappa shape index (κ3) is 2.65. The van der Waals surface area contributed by atoms with Crippen molar-refractivity contribution < 1.29 is 0 Å². The molecule has 0 radical (unpaired) electrons. The van der Waals surface area contributed by atoms with Gasteiger partial charge >= 0.3 is 0 Å². The maximum atomic E-state index is 8.57. The van der Waals surface area contributed by atoms with Crippen molar-refractivity contribution in [3.05, 3.63) is 21.9 Å². The molecule has 0 amide bonds. The SMILES string of the molecule is CC(C)NCc1ccc(C#N)s1. The molecule has 0 aliphatic carbocycles. The number of nitrogens with one attached hydrogen (secondary N) is 1. The van der Waals surface area contributed by atoms with Gasteiger partial charge in [0.05, 0.1) is 0 Å². The Labute approximate surface area is 76.8 Å². The van der Waals surface area contributed by atoms with E-state index in [9.17, 15) is 0 Å². The summed E-state index contributed by atoms with van der Waals surface area (Å²) >= 11 is 1.55. The minimum Gasteiger partial charge on any atom is -0.310 e. The van der Waals surface area contributed by atoms with Crippen LogP contribution in [-0.2, 0) is 6.54 Å². The first-order chi connectivity index (χ1) is 5.72. The average Bonchev–Trinajstić information content (AvgIpc) is 2.48. The second kappa shape index (κ2) is 4.24. The highest BCUT2D eigenvalue weighted by atomic mass is 32.1. The van der Waals surface area contributed by atoms with E-state index >= 15 is 0 Å². The lowest BCUT2D eigenvalue weighted by Crippen LogP contribution is -2.21. The van der Waals surface area contributed by atoms with E-state index in [4.69, 9.17) is 5.26 Å². The molecule has 0 fully saturated rings. The lowest BCUT2D eigenvalue weighted by molar-refractivity contribution is 0.593. The summed E-state index contributed by atoms with van der Waals surface area (Å²) in [7, 11) is 0. The second-order valence-corrected chi connectivity index (χ2v) is 4.08. The Morgan fingerprint density at radius 3 is 2.83 bits per heavy atom. The molecule has 1 N–H and O–H groups in total. The van der Waals surface area contributed by atoms with Crippen LogP contribution in [0.3, 0.4) is 0 Å². The number of thiophene rings is 1. The van der Waals surface area contributed by atoms with Gasteiger partial charge in [0, 0.05) is 17.5 Å². The monoisotopic (exact) mass is 180 g/mol. The molecule has 2 nitrogen and oxygen atoms in total. The van der Waals surface area contributed by atoms with Gasteiger partial charge in [0.2, 0.25) is 0 Å². The minimum atomic E-state index is 0.498. The molecule has 0 spiro atoms. The predicted octanol–water partition coefficient (Wildman–Crippen LogP) is 2.12. The van der Waals surface area contributed by atoms with Crippen LogP contribution in [0.4, 0.5) is 0 Å². The number of hydrogen-bond donors (Lipinski definition) is 1. The molecule has 1 rings (SSSR count). The Bertz CT molecular complexity index is 283. The van der Waals surface area contributed by atoms with Gasteiger partial charge in [-0.2, -0.15) is 5.26 Å². The third-order valence-corrected chi connectivity index (χ3v) is 2.45. The van der Waals surface area contributed by atoms with Crippen molar-refractivity contribution in [1.29, 1.82) is 5.26 Å². The lowest BCUT2D eigenvalue weighted by atomic mass is 10.3. The fourth-order valence-electron chi connectivity index (χ4n) is 0.838. The van der Waals surface area contributed by atoms with Crippen LogP contribution in [0.2, 0.25) is 0 Å². The molecule has 0 aromatic carbocycles. The van der Waals surface area contributed by atoms with Crippen molar-refractivity contribution in [3.63, 3.8) is 0 Å². The van der Waals surface area contributed by atoms with Crippen LogP contribution in [0, 0.1) is 11.3 Å². The maximum absolute atomic E-state index is 8.57. The van der Waals surface area contributed by atoms with E-state index in [1.807, 2.05) is 12.1 Å². The van der Waals surface area contributed by atoms with Crippen molar-refractivity contribution >= 4 is 11.3 Å². The fraction of sp³-hybridized carbons (Fsp3) is 0.444. The maximum Gasteiger partial charge on any atom is 0.110 e. The molecule has 1 aromatic rings. The first-order valence-electron chi connectivity index (χ1n) is 3.94. The van der Waals surface area contributed by atoms with Crippen molar-refractivity contribution in [3.8, 4) is 6.07 Å². The molecule has 1 heterocycles. The second-order valence-electron chi connectivity index (χ2n) is 2.91. The molecule has 64 valence electrons. The topological polar surface area (TPSA) is 35.8 Å². The highest BCUT2D eigenvalue weighted by Gasteiger charge is 1.99. The molecule has 0 aliphatic heterocycles. The summed E-state index contributed by atoms with van der Waals surface area (Å²) < 4.78 is 0. The quantitative estimate of drug-likeness (QED) is 0.773. The van der Waals surface area contributed by atoms with E-state index in [2.05, 4.69) is 25.2 Å². The average molecular weight is 180 g/mol. The summed E-state index contributed by atoms with van der Waals surface area (Å²) in [6, 6.07) is 6.49. The van der Waals surface area contributed by atoms with Crippen LogP contribution >= 0.6 is 11.3 Å². The lowest BCUT2D eigenvalue weighted by Gasteiger charge is -2.04. The Hall–Kier alpha value is -0.850. The first kappa shape index (κ1) is 9.24. The molecule has 0 saturated heterocycles. The highest BCUT2D eigenvalue weighted by molar-refractivity contribution is 7.12. The van der Waals surface area contributed by atoms with Gasteiger partial charge in [-0.3, -0.25) is 0 Å². The van der Waals surface area contributed by atoms with Crippen LogP contribution in [0.5, 0.6) is 0 Å². The van der Waals surface area contributed by atoms with Crippen molar-refractivity contribution in [2.24, 2.45) is 0 Å². The van der Waals surface area contributed by atoms with Crippen LogP contribution < -0.4 is 5.32 Å². The highest BCUT2D eigenvalue weighted by Crippen LogP contribution is 2.14. The van der Waals surface area contributed by atoms with Crippen molar-refractivity contribution in [2.75, 3.05) is 0 Å². The molecule has 1 aromatic heterocycles. The summed E-state index contributed by atoms with van der Waals surface area (Å²) in [6.45, 7) is 5.08. The number of nitrogens with zero attached hydrogens (tertiary/aromatic N) is 1. The van der Waals surface area contributed by atoms with E-state index in [1.165, 1.54) is 4.88 Å². The first-order valence-corrected chi connectivity index (χ1v) is 4.76. The minimum absolute atomic E-state index is 0.498. The Kier molecular flexibility index (Phi) is 3.27. The van der Waals surface area contributed by atoms with Gasteiger partial charge in [-0.25, -0.2) is 0 Å². The van der Waals surface area contributed by atoms with Crippen molar-refractivity contribution in [2.45, 2.75) is 26.4 Å². The summed E-state index contributed by atoms with van der Waals surface area (Å²) in [5.74, 6) is 0. The van der Waals surface area contributed by atoms with Gasteiger partial charge in [-0.15, -0.1) is 11.3 Å². The van der Waals surface area contributed by atoms with Gasteiger partial charge in [-0.05, 0) is 12.1 Å². The summed E-state index contributed by atoms with van der Waals surface area (Å²) in [4.78, 5) is 2.01. The molecule has 0 bridgehead atoms. The Morgan fingerprint density at radius 2 is 2.33 bits per heavy atom. The molecular formula is C9H12N2S. The standard InChI is InChI=1S/C9H12N2S/c1-7(2)11-6-9-4-3-8(5-10)12-9/h3-4,7,11H,6H2,1-2H3. The number of nitriles is 1. The predicted molar refractivity (Wildman–Crippen MR) is 51.0 cm³/mol. The zero-order valence-corrected chi connectivity index (χ0v) is 8.11. The Balaban J connectivity index is 2.48. The smallest absolute Gasteiger partial charge is 0.110 e. The van der Waals surface area contributed by atoms with Gasteiger partial charge in [0.1, 0.15) is 10.9 Å². The zero-order chi connectivity index (χ0) is 8.97. The molecule has 0 atom stereocenters. The third-order valence-electron chi connectivity index (χ3n) is 1.46. The summed E-state index contributed by atoms with van der Waals surface area (Å²) in [6.07, 6.45) is 0. The van der Waals surface area contributed by atoms with E-state index in [-0.39, 0.29) is 0 Å². The summed E-state index contributed by atoms with van der Waals surface area (Å²) in [5, 5.41) is 11.9.